The molecule has 2 N–H and O–H groups in total. The summed E-state index contributed by atoms with van der Waals surface area (Å²) >= 11 is 0. The molecule has 7 heteroatoms. The van der Waals surface area contributed by atoms with E-state index in [4.69, 9.17) is 0 Å². The second kappa shape index (κ2) is 8.45. The van der Waals surface area contributed by atoms with E-state index in [-0.39, 0.29) is 24.2 Å². The molecule has 0 bridgehead atoms. The van der Waals surface area contributed by atoms with Gasteiger partial charge in [0.2, 0.25) is 5.91 Å². The van der Waals surface area contributed by atoms with E-state index in [1.807, 2.05) is 33.2 Å². The molecule has 0 aliphatic heterocycles. The quantitative estimate of drug-likeness (QED) is 0.671. The molecule has 1 aromatic heterocycles. The molecule has 1 heterocycles. The van der Waals surface area contributed by atoms with Gasteiger partial charge in [-0.15, -0.1) is 0 Å². The summed E-state index contributed by atoms with van der Waals surface area (Å²) in [6.07, 6.45) is 0. The molecule has 0 atom stereocenters. The van der Waals surface area contributed by atoms with E-state index in [0.29, 0.717) is 17.8 Å². The molecule has 152 valence electrons. The monoisotopic (exact) mass is 396 g/mol. The number of aryl methyl sites for hydroxylation is 1. The van der Waals surface area contributed by atoms with Gasteiger partial charge in [-0.05, 0) is 63.0 Å². The maximum atomic E-state index is 13.4. The lowest BCUT2D eigenvalue weighted by Gasteiger charge is -2.18. The molecular weight excluding hydrogens is 371 g/mol. The van der Waals surface area contributed by atoms with Crippen LogP contribution in [0.25, 0.3) is 10.9 Å². The number of likely N-dealkylation sites (N-methyl/N-ethyl adjacent to an activating group) is 1. The van der Waals surface area contributed by atoms with Crippen LogP contribution < -0.4 is 5.32 Å². The van der Waals surface area contributed by atoms with Crippen molar-refractivity contribution in [1.82, 2.24) is 14.8 Å². The predicted octanol–water partition coefficient (Wildman–Crippen LogP) is 3.39. The van der Waals surface area contributed by atoms with Crippen LogP contribution in [-0.2, 0) is 11.3 Å². The normalized spacial score (nSPS) is 11.1. The summed E-state index contributed by atoms with van der Waals surface area (Å²) in [6, 6.07) is 11.6. The lowest BCUT2D eigenvalue weighted by molar-refractivity contribution is -0.116. The van der Waals surface area contributed by atoms with Gasteiger partial charge in [-0.25, -0.2) is 4.39 Å². The van der Waals surface area contributed by atoms with Crippen LogP contribution in [-0.4, -0.2) is 54.3 Å². The van der Waals surface area contributed by atoms with Crippen LogP contribution in [0.3, 0.4) is 0 Å². The highest BCUT2D eigenvalue weighted by atomic mass is 19.1. The molecular formula is C22H25FN4O2. The molecule has 2 amide bonds. The second-order valence-electron chi connectivity index (χ2n) is 7.50. The number of carbonyl (C=O) groups is 2. The number of nitrogens with zero attached hydrogens (tertiary/aromatic N) is 2. The average Bonchev–Trinajstić information content (AvgIpc) is 3.03. The Balaban J connectivity index is 1.74. The summed E-state index contributed by atoms with van der Waals surface area (Å²) in [5.41, 5.74) is 3.63. The molecule has 0 radical (unpaired) electrons. The number of hydrogen-bond acceptors (Lipinski definition) is 3. The molecule has 29 heavy (non-hydrogen) atoms. The molecule has 0 aliphatic carbocycles. The smallest absolute Gasteiger partial charge is 0.254 e. The lowest BCUT2D eigenvalue weighted by Crippen LogP contribution is -2.28. The average molecular weight is 396 g/mol. The van der Waals surface area contributed by atoms with Crippen molar-refractivity contribution in [3.8, 4) is 0 Å². The maximum absolute atomic E-state index is 13.4. The van der Waals surface area contributed by atoms with Crippen molar-refractivity contribution in [2.75, 3.05) is 33.0 Å². The van der Waals surface area contributed by atoms with Crippen LogP contribution in [0.2, 0.25) is 0 Å². The van der Waals surface area contributed by atoms with E-state index < -0.39 is 0 Å². The first-order valence-electron chi connectivity index (χ1n) is 9.31. The number of carbonyl (C=O) groups excluding carboxylic acids is 2. The highest BCUT2D eigenvalue weighted by molar-refractivity contribution is 5.98. The molecule has 0 saturated carbocycles. The van der Waals surface area contributed by atoms with Crippen molar-refractivity contribution in [2.45, 2.75) is 13.5 Å². The van der Waals surface area contributed by atoms with Crippen LogP contribution >= 0.6 is 0 Å². The van der Waals surface area contributed by atoms with Crippen molar-refractivity contribution in [3.63, 3.8) is 0 Å². The number of amides is 2. The van der Waals surface area contributed by atoms with Gasteiger partial charge in [-0.2, -0.15) is 0 Å². The van der Waals surface area contributed by atoms with Gasteiger partial charge in [-0.1, -0.05) is 6.07 Å². The van der Waals surface area contributed by atoms with Crippen LogP contribution in [0.1, 0.15) is 21.6 Å². The van der Waals surface area contributed by atoms with Crippen LogP contribution in [0.5, 0.6) is 0 Å². The molecule has 2 aromatic carbocycles. The summed E-state index contributed by atoms with van der Waals surface area (Å²) < 4.78 is 13.4. The van der Waals surface area contributed by atoms with E-state index in [2.05, 4.69) is 10.3 Å². The Morgan fingerprint density at radius 3 is 2.55 bits per heavy atom. The number of nitrogens with one attached hydrogen (secondary N) is 2. The third kappa shape index (κ3) is 5.00. The first-order valence-corrected chi connectivity index (χ1v) is 9.31. The molecule has 0 spiro atoms. The molecule has 0 fully saturated rings. The highest BCUT2D eigenvalue weighted by Gasteiger charge is 2.15. The van der Waals surface area contributed by atoms with Crippen molar-refractivity contribution in [2.24, 2.45) is 0 Å². The largest absolute Gasteiger partial charge is 0.357 e. The fourth-order valence-electron chi connectivity index (χ4n) is 3.16. The van der Waals surface area contributed by atoms with Crippen molar-refractivity contribution < 1.29 is 14.0 Å². The number of rotatable bonds is 6. The fraction of sp³-hybridized carbons (Fsp3) is 0.273. The zero-order valence-electron chi connectivity index (χ0n) is 17.0. The number of halogens is 1. The second-order valence-corrected chi connectivity index (χ2v) is 7.50. The Morgan fingerprint density at radius 2 is 1.83 bits per heavy atom. The third-order valence-electron chi connectivity index (χ3n) is 4.61. The van der Waals surface area contributed by atoms with Crippen molar-refractivity contribution in [3.05, 3.63) is 65.1 Å². The Bertz CT molecular complexity index is 1060. The summed E-state index contributed by atoms with van der Waals surface area (Å²) in [5, 5.41) is 3.62. The van der Waals surface area contributed by atoms with Gasteiger partial charge >= 0.3 is 0 Å². The number of aromatic nitrogens is 1. The third-order valence-corrected chi connectivity index (χ3v) is 4.61. The van der Waals surface area contributed by atoms with Gasteiger partial charge in [0.25, 0.3) is 5.91 Å². The number of aromatic amines is 1. The van der Waals surface area contributed by atoms with E-state index in [9.17, 15) is 14.0 Å². The van der Waals surface area contributed by atoms with Crippen molar-refractivity contribution in [1.29, 1.82) is 0 Å². The van der Waals surface area contributed by atoms with Gasteiger partial charge in [-0.3, -0.25) is 9.59 Å². The number of anilines is 1. The first-order chi connectivity index (χ1) is 13.7. The fourth-order valence-corrected chi connectivity index (χ4v) is 3.16. The summed E-state index contributed by atoms with van der Waals surface area (Å²) in [4.78, 5) is 31.5. The number of H-pyrrole nitrogens is 1. The van der Waals surface area contributed by atoms with Gasteiger partial charge in [0.15, 0.2) is 0 Å². The molecule has 0 unspecified atom stereocenters. The Kier molecular flexibility index (Phi) is 5.98. The number of fused-ring (bicyclic) bond motifs is 1. The Labute approximate surface area is 169 Å². The van der Waals surface area contributed by atoms with E-state index in [0.717, 1.165) is 22.2 Å². The Morgan fingerprint density at radius 1 is 1.07 bits per heavy atom. The standard InChI is InChI=1S/C22H25FN4O2/c1-14-5-6-15(11-20(14)25-21(28)13-26(2)3)22(29)27(4)12-18-10-16-9-17(23)7-8-19(16)24-18/h5-11,24H,12-13H2,1-4H3,(H,25,28). The minimum absolute atomic E-state index is 0.138. The van der Waals surface area contributed by atoms with Gasteiger partial charge < -0.3 is 20.1 Å². The number of benzene rings is 2. The molecule has 3 rings (SSSR count). The summed E-state index contributed by atoms with van der Waals surface area (Å²) in [5.74, 6) is -0.602. The van der Waals surface area contributed by atoms with E-state index >= 15 is 0 Å². The molecule has 0 aliphatic rings. The van der Waals surface area contributed by atoms with Crippen LogP contribution in [0.15, 0.2) is 42.5 Å². The van der Waals surface area contributed by atoms with Gasteiger partial charge in [0.05, 0.1) is 13.1 Å². The topological polar surface area (TPSA) is 68.4 Å². The SMILES string of the molecule is Cc1ccc(C(=O)N(C)Cc2cc3cc(F)ccc3[nH]2)cc1NC(=O)CN(C)C. The maximum Gasteiger partial charge on any atom is 0.254 e. The number of hydrogen-bond donors (Lipinski definition) is 2. The summed E-state index contributed by atoms with van der Waals surface area (Å²) in [7, 11) is 5.35. The van der Waals surface area contributed by atoms with Crippen LogP contribution in [0, 0.1) is 12.7 Å². The predicted molar refractivity (Wildman–Crippen MR) is 112 cm³/mol. The van der Waals surface area contributed by atoms with Crippen molar-refractivity contribution >= 4 is 28.4 Å². The van der Waals surface area contributed by atoms with E-state index in [1.165, 1.54) is 12.1 Å². The Hall–Kier alpha value is -3.19. The minimum Gasteiger partial charge on any atom is -0.357 e. The summed E-state index contributed by atoms with van der Waals surface area (Å²) in [6.45, 7) is 2.50. The lowest BCUT2D eigenvalue weighted by atomic mass is 10.1. The molecule has 0 saturated heterocycles. The highest BCUT2D eigenvalue weighted by Crippen LogP contribution is 2.20. The van der Waals surface area contributed by atoms with Gasteiger partial charge in [0.1, 0.15) is 5.82 Å². The van der Waals surface area contributed by atoms with Gasteiger partial charge in [0, 0.05) is 34.9 Å². The molecule has 6 nitrogen and oxygen atoms in total. The molecule has 3 aromatic rings. The van der Waals surface area contributed by atoms with Crippen LogP contribution in [0.4, 0.5) is 10.1 Å². The minimum atomic E-state index is -0.295. The first kappa shape index (κ1) is 20.5. The zero-order chi connectivity index (χ0) is 21.1. The van der Waals surface area contributed by atoms with E-state index in [1.54, 1.807) is 35.0 Å². The zero-order valence-corrected chi connectivity index (χ0v) is 17.0.